The van der Waals surface area contributed by atoms with Gasteiger partial charge in [0.15, 0.2) is 6.61 Å². The quantitative estimate of drug-likeness (QED) is 0.820. The first-order valence-corrected chi connectivity index (χ1v) is 8.43. The third kappa shape index (κ3) is 4.24. The van der Waals surface area contributed by atoms with Gasteiger partial charge in [0, 0.05) is 12.0 Å². The molecule has 25 heavy (non-hydrogen) atoms. The maximum absolute atomic E-state index is 12.1. The Kier molecular flexibility index (Phi) is 5.46. The zero-order valence-corrected chi connectivity index (χ0v) is 14.6. The van der Waals surface area contributed by atoms with Crippen molar-refractivity contribution in [3.63, 3.8) is 0 Å². The molecule has 1 heterocycles. The first kappa shape index (κ1) is 17.6. The van der Waals surface area contributed by atoms with E-state index in [4.69, 9.17) is 32.7 Å². The summed E-state index contributed by atoms with van der Waals surface area (Å²) in [7, 11) is 0. The summed E-state index contributed by atoms with van der Waals surface area (Å²) in [6.45, 7) is 0.142. The Hall–Kier alpha value is -2.24. The minimum absolute atomic E-state index is 0.166. The lowest BCUT2D eigenvalue weighted by molar-refractivity contribution is -0.125. The molecule has 2 aromatic rings. The summed E-state index contributed by atoms with van der Waals surface area (Å²) in [5, 5.41) is 3.45. The number of carbonyl (C=O) groups is 2. The second-order valence-electron chi connectivity index (χ2n) is 5.50. The SMILES string of the molecule is O=C(COC(=O)c1ccc(Cl)c(Cl)c1)NC1CCOc2ccccc21. The van der Waals surface area contributed by atoms with Crippen LogP contribution in [0.3, 0.4) is 0 Å². The van der Waals surface area contributed by atoms with Crippen LogP contribution in [-0.2, 0) is 9.53 Å². The second-order valence-corrected chi connectivity index (χ2v) is 6.31. The number of halogens is 2. The average molecular weight is 380 g/mol. The standard InChI is InChI=1S/C18H15Cl2NO4/c19-13-6-5-11(9-14(13)20)18(23)25-10-17(22)21-15-7-8-24-16-4-2-1-3-12(15)16/h1-6,9,15H,7-8,10H2,(H,21,22). The molecular weight excluding hydrogens is 365 g/mol. The molecule has 0 saturated heterocycles. The number of hydrogen-bond acceptors (Lipinski definition) is 4. The minimum atomic E-state index is -0.638. The molecule has 0 bridgehead atoms. The van der Waals surface area contributed by atoms with E-state index in [-0.39, 0.29) is 29.1 Å². The molecule has 130 valence electrons. The van der Waals surface area contributed by atoms with Crippen molar-refractivity contribution in [2.45, 2.75) is 12.5 Å². The predicted molar refractivity (Wildman–Crippen MR) is 94.2 cm³/mol. The van der Waals surface area contributed by atoms with Gasteiger partial charge >= 0.3 is 5.97 Å². The van der Waals surface area contributed by atoms with Crippen LogP contribution in [0.1, 0.15) is 28.4 Å². The van der Waals surface area contributed by atoms with Crippen LogP contribution in [-0.4, -0.2) is 25.1 Å². The van der Waals surface area contributed by atoms with Gasteiger partial charge in [-0.05, 0) is 24.3 Å². The van der Waals surface area contributed by atoms with Crippen LogP contribution in [0.25, 0.3) is 0 Å². The average Bonchev–Trinajstić information content (AvgIpc) is 2.62. The number of hydrogen-bond donors (Lipinski definition) is 1. The van der Waals surface area contributed by atoms with Crippen LogP contribution >= 0.6 is 23.2 Å². The molecule has 1 unspecified atom stereocenters. The van der Waals surface area contributed by atoms with Crippen molar-refractivity contribution < 1.29 is 19.1 Å². The van der Waals surface area contributed by atoms with E-state index < -0.39 is 5.97 Å². The summed E-state index contributed by atoms with van der Waals surface area (Å²) < 4.78 is 10.6. The fourth-order valence-corrected chi connectivity index (χ4v) is 2.86. The number of nitrogens with one attached hydrogen (secondary N) is 1. The van der Waals surface area contributed by atoms with Crippen LogP contribution in [0.5, 0.6) is 5.75 Å². The molecule has 1 aliphatic rings. The molecule has 1 aliphatic heterocycles. The van der Waals surface area contributed by atoms with E-state index in [1.165, 1.54) is 18.2 Å². The smallest absolute Gasteiger partial charge is 0.338 e. The van der Waals surface area contributed by atoms with Crippen molar-refractivity contribution in [1.29, 1.82) is 0 Å². The lowest BCUT2D eigenvalue weighted by Gasteiger charge is -2.26. The van der Waals surface area contributed by atoms with E-state index in [2.05, 4.69) is 5.32 Å². The summed E-state index contributed by atoms with van der Waals surface area (Å²) in [5.41, 5.74) is 1.15. The highest BCUT2D eigenvalue weighted by Gasteiger charge is 2.23. The van der Waals surface area contributed by atoms with Gasteiger partial charge in [0.1, 0.15) is 5.75 Å². The number of para-hydroxylation sites is 1. The van der Waals surface area contributed by atoms with Gasteiger partial charge in [-0.25, -0.2) is 4.79 Å². The van der Waals surface area contributed by atoms with Gasteiger partial charge in [-0.2, -0.15) is 0 Å². The van der Waals surface area contributed by atoms with E-state index in [0.29, 0.717) is 18.1 Å². The second kappa shape index (κ2) is 7.76. The fourth-order valence-electron chi connectivity index (χ4n) is 2.57. The van der Waals surface area contributed by atoms with E-state index in [9.17, 15) is 9.59 Å². The highest BCUT2D eigenvalue weighted by atomic mass is 35.5. The summed E-state index contributed by atoms with van der Waals surface area (Å²) in [6, 6.07) is 11.8. The Morgan fingerprint density at radius 3 is 2.76 bits per heavy atom. The zero-order valence-electron chi connectivity index (χ0n) is 13.1. The summed E-state index contributed by atoms with van der Waals surface area (Å²) in [4.78, 5) is 24.1. The molecule has 0 fully saturated rings. The van der Waals surface area contributed by atoms with Gasteiger partial charge in [-0.1, -0.05) is 41.4 Å². The largest absolute Gasteiger partial charge is 0.493 e. The van der Waals surface area contributed by atoms with Crippen molar-refractivity contribution in [3.8, 4) is 5.75 Å². The molecule has 2 aromatic carbocycles. The van der Waals surface area contributed by atoms with Crippen molar-refractivity contribution in [1.82, 2.24) is 5.32 Å². The van der Waals surface area contributed by atoms with Gasteiger partial charge < -0.3 is 14.8 Å². The summed E-state index contributed by atoms with van der Waals surface area (Å²) in [5.74, 6) is -0.261. The number of amides is 1. The monoisotopic (exact) mass is 379 g/mol. The van der Waals surface area contributed by atoms with Gasteiger partial charge in [-0.15, -0.1) is 0 Å². The van der Waals surface area contributed by atoms with Gasteiger partial charge in [0.25, 0.3) is 5.91 Å². The molecule has 3 rings (SSSR count). The predicted octanol–water partition coefficient (Wildman–Crippen LogP) is 3.79. The highest BCUT2D eigenvalue weighted by Crippen LogP contribution is 2.31. The Bertz CT molecular complexity index is 809. The van der Waals surface area contributed by atoms with Crippen LogP contribution < -0.4 is 10.1 Å². The van der Waals surface area contributed by atoms with Crippen LogP contribution in [0.15, 0.2) is 42.5 Å². The molecule has 1 amide bonds. The summed E-state index contributed by atoms with van der Waals surface area (Å²) in [6.07, 6.45) is 0.656. The van der Waals surface area contributed by atoms with Crippen molar-refractivity contribution in [3.05, 3.63) is 63.6 Å². The van der Waals surface area contributed by atoms with E-state index in [0.717, 1.165) is 11.3 Å². The summed E-state index contributed by atoms with van der Waals surface area (Å²) >= 11 is 11.7. The lowest BCUT2D eigenvalue weighted by atomic mass is 10.0. The van der Waals surface area contributed by atoms with E-state index in [1.54, 1.807) is 0 Å². The Morgan fingerprint density at radius 1 is 1.16 bits per heavy atom. The molecule has 0 radical (unpaired) electrons. The first-order chi connectivity index (χ1) is 12.0. The van der Waals surface area contributed by atoms with Crippen LogP contribution in [0.2, 0.25) is 10.0 Å². The number of carbonyl (C=O) groups excluding carboxylic acids is 2. The molecule has 0 aliphatic carbocycles. The Labute approximate surface area is 154 Å². The number of ether oxygens (including phenoxy) is 2. The third-order valence-corrected chi connectivity index (χ3v) is 4.52. The normalized spacial score (nSPS) is 15.7. The number of benzene rings is 2. The van der Waals surface area contributed by atoms with E-state index >= 15 is 0 Å². The third-order valence-electron chi connectivity index (χ3n) is 3.78. The molecule has 1 N–H and O–H groups in total. The highest BCUT2D eigenvalue weighted by molar-refractivity contribution is 6.42. The number of esters is 1. The van der Waals surface area contributed by atoms with Crippen LogP contribution in [0.4, 0.5) is 0 Å². The van der Waals surface area contributed by atoms with Gasteiger partial charge in [0.2, 0.25) is 0 Å². The lowest BCUT2D eigenvalue weighted by Crippen LogP contribution is -2.35. The number of fused-ring (bicyclic) bond motifs is 1. The first-order valence-electron chi connectivity index (χ1n) is 7.68. The number of rotatable bonds is 4. The van der Waals surface area contributed by atoms with Crippen molar-refractivity contribution in [2.75, 3.05) is 13.2 Å². The van der Waals surface area contributed by atoms with Crippen molar-refractivity contribution in [2.24, 2.45) is 0 Å². The molecule has 5 nitrogen and oxygen atoms in total. The van der Waals surface area contributed by atoms with Crippen LogP contribution in [0, 0.1) is 0 Å². The maximum Gasteiger partial charge on any atom is 0.338 e. The van der Waals surface area contributed by atoms with E-state index in [1.807, 2.05) is 24.3 Å². The zero-order chi connectivity index (χ0) is 17.8. The molecule has 1 atom stereocenters. The molecule has 7 heteroatoms. The maximum atomic E-state index is 12.1. The van der Waals surface area contributed by atoms with Crippen molar-refractivity contribution >= 4 is 35.1 Å². The fraction of sp³-hybridized carbons (Fsp3) is 0.222. The molecule has 0 spiro atoms. The Morgan fingerprint density at radius 2 is 1.96 bits per heavy atom. The molecular formula is C18H15Cl2NO4. The molecule has 0 saturated carbocycles. The van der Waals surface area contributed by atoms with Gasteiger partial charge in [0.05, 0.1) is 28.3 Å². The Balaban J connectivity index is 1.57. The topological polar surface area (TPSA) is 64.6 Å². The minimum Gasteiger partial charge on any atom is -0.493 e. The molecule has 0 aromatic heterocycles. The van der Waals surface area contributed by atoms with Gasteiger partial charge in [-0.3, -0.25) is 4.79 Å².